The van der Waals surface area contributed by atoms with Crippen molar-refractivity contribution in [1.29, 1.82) is 5.26 Å². The first kappa shape index (κ1) is 9.26. The van der Waals surface area contributed by atoms with Crippen LogP contribution in [0.15, 0.2) is 6.20 Å². The molecule has 0 N–H and O–H groups in total. The molecule has 1 aliphatic carbocycles. The average molecular weight is 189 g/mol. The highest BCUT2D eigenvalue weighted by atomic mass is 15.3. The Hall–Kier alpha value is -1.30. The van der Waals surface area contributed by atoms with Gasteiger partial charge in [-0.3, -0.25) is 4.68 Å². The Morgan fingerprint density at radius 3 is 2.71 bits per heavy atom. The summed E-state index contributed by atoms with van der Waals surface area (Å²) >= 11 is 0. The molecule has 0 bridgehead atoms. The van der Waals surface area contributed by atoms with Gasteiger partial charge in [0.2, 0.25) is 0 Å². The Morgan fingerprint density at radius 1 is 1.43 bits per heavy atom. The zero-order chi connectivity index (χ0) is 9.97. The van der Waals surface area contributed by atoms with E-state index in [2.05, 4.69) is 11.2 Å². The van der Waals surface area contributed by atoms with E-state index in [1.807, 2.05) is 17.8 Å². The molecule has 74 valence electrons. The molecular weight excluding hydrogens is 174 g/mol. The van der Waals surface area contributed by atoms with Crippen LogP contribution in [0.25, 0.3) is 0 Å². The zero-order valence-corrected chi connectivity index (χ0v) is 8.53. The van der Waals surface area contributed by atoms with Gasteiger partial charge in [-0.15, -0.1) is 0 Å². The molecule has 0 aliphatic heterocycles. The first-order valence-electron chi connectivity index (χ1n) is 5.27. The molecule has 2 rings (SSSR count). The number of nitrogens with zero attached hydrogens (tertiary/aromatic N) is 3. The van der Waals surface area contributed by atoms with Gasteiger partial charge in [-0.1, -0.05) is 19.3 Å². The van der Waals surface area contributed by atoms with Crippen LogP contribution in [0.2, 0.25) is 0 Å². The van der Waals surface area contributed by atoms with Crippen molar-refractivity contribution in [3.8, 4) is 6.07 Å². The molecule has 3 nitrogen and oxygen atoms in total. The van der Waals surface area contributed by atoms with Gasteiger partial charge in [0.25, 0.3) is 0 Å². The highest BCUT2D eigenvalue weighted by Crippen LogP contribution is 2.27. The molecule has 1 aliphatic rings. The smallest absolute Gasteiger partial charge is 0.103 e. The van der Waals surface area contributed by atoms with Crippen molar-refractivity contribution in [2.24, 2.45) is 0 Å². The fourth-order valence-corrected chi connectivity index (χ4v) is 2.12. The predicted molar refractivity (Wildman–Crippen MR) is 53.8 cm³/mol. The molecule has 14 heavy (non-hydrogen) atoms. The molecule has 0 spiro atoms. The van der Waals surface area contributed by atoms with Crippen LogP contribution < -0.4 is 0 Å². The lowest BCUT2D eigenvalue weighted by atomic mass is 9.96. The molecule has 0 unspecified atom stereocenters. The minimum atomic E-state index is 0.532. The third-order valence-corrected chi connectivity index (χ3v) is 2.99. The minimum Gasteiger partial charge on any atom is -0.268 e. The summed E-state index contributed by atoms with van der Waals surface area (Å²) < 4.78 is 1.99. The van der Waals surface area contributed by atoms with E-state index >= 15 is 0 Å². The lowest BCUT2D eigenvalue weighted by Crippen LogP contribution is -2.13. The summed E-state index contributed by atoms with van der Waals surface area (Å²) in [6.45, 7) is 1.90. The van der Waals surface area contributed by atoms with Gasteiger partial charge < -0.3 is 0 Å². The maximum Gasteiger partial charge on any atom is 0.103 e. The van der Waals surface area contributed by atoms with Crippen LogP contribution in [0, 0.1) is 18.3 Å². The monoisotopic (exact) mass is 189 g/mol. The predicted octanol–water partition coefficient (Wildman–Crippen LogP) is 2.57. The van der Waals surface area contributed by atoms with Gasteiger partial charge in [0, 0.05) is 6.20 Å². The van der Waals surface area contributed by atoms with E-state index in [0.29, 0.717) is 6.04 Å². The van der Waals surface area contributed by atoms with Gasteiger partial charge in [0.1, 0.15) is 6.07 Å². The van der Waals surface area contributed by atoms with Crippen molar-refractivity contribution in [2.45, 2.75) is 45.1 Å². The molecule has 0 saturated heterocycles. The molecular formula is C11H15N3. The lowest BCUT2D eigenvalue weighted by Gasteiger charge is -2.21. The fraction of sp³-hybridized carbons (Fsp3) is 0.636. The molecule has 0 radical (unpaired) electrons. The van der Waals surface area contributed by atoms with Crippen LogP contribution in [0.4, 0.5) is 0 Å². The molecule has 0 aromatic carbocycles. The van der Waals surface area contributed by atoms with Crippen molar-refractivity contribution in [3.05, 3.63) is 17.5 Å². The Balaban J connectivity index is 2.19. The number of nitriles is 1. The van der Waals surface area contributed by atoms with Crippen LogP contribution >= 0.6 is 0 Å². The maximum absolute atomic E-state index is 8.83. The van der Waals surface area contributed by atoms with Gasteiger partial charge >= 0.3 is 0 Å². The molecule has 1 fully saturated rings. The van der Waals surface area contributed by atoms with E-state index in [1.54, 1.807) is 0 Å². The second-order valence-corrected chi connectivity index (χ2v) is 4.01. The second-order valence-electron chi connectivity index (χ2n) is 4.01. The topological polar surface area (TPSA) is 41.6 Å². The fourth-order valence-electron chi connectivity index (χ4n) is 2.12. The van der Waals surface area contributed by atoms with E-state index in [0.717, 1.165) is 11.3 Å². The SMILES string of the molecule is Cc1nn(C2CCCCC2)cc1C#N. The molecule has 0 amide bonds. The van der Waals surface area contributed by atoms with E-state index in [9.17, 15) is 0 Å². The van der Waals surface area contributed by atoms with Gasteiger partial charge in [-0.25, -0.2) is 0 Å². The summed E-state index contributed by atoms with van der Waals surface area (Å²) in [7, 11) is 0. The normalized spacial score (nSPS) is 18.0. The lowest BCUT2D eigenvalue weighted by molar-refractivity contribution is 0.328. The summed E-state index contributed by atoms with van der Waals surface area (Å²) in [5.41, 5.74) is 1.58. The Labute approximate surface area is 84.3 Å². The van der Waals surface area contributed by atoms with Crippen LogP contribution in [0.3, 0.4) is 0 Å². The molecule has 1 heterocycles. The summed E-state index contributed by atoms with van der Waals surface area (Å²) in [5, 5.41) is 13.2. The van der Waals surface area contributed by atoms with E-state index in [-0.39, 0.29) is 0 Å². The third kappa shape index (κ3) is 1.65. The average Bonchev–Trinajstić information content (AvgIpc) is 2.61. The number of hydrogen-bond donors (Lipinski definition) is 0. The quantitative estimate of drug-likeness (QED) is 0.681. The summed E-state index contributed by atoms with van der Waals surface area (Å²) in [6.07, 6.45) is 8.27. The first-order valence-corrected chi connectivity index (χ1v) is 5.27. The maximum atomic E-state index is 8.83. The van der Waals surface area contributed by atoms with Crippen molar-refractivity contribution in [1.82, 2.24) is 9.78 Å². The van der Waals surface area contributed by atoms with Gasteiger partial charge in [-0.05, 0) is 19.8 Å². The number of aromatic nitrogens is 2. The Kier molecular flexibility index (Phi) is 2.53. The molecule has 1 aromatic heterocycles. The van der Waals surface area contributed by atoms with Crippen molar-refractivity contribution in [3.63, 3.8) is 0 Å². The van der Waals surface area contributed by atoms with Crippen LogP contribution in [0.1, 0.15) is 49.4 Å². The van der Waals surface area contributed by atoms with E-state index in [1.165, 1.54) is 32.1 Å². The highest BCUT2D eigenvalue weighted by Gasteiger charge is 2.17. The van der Waals surface area contributed by atoms with Crippen LogP contribution in [0.5, 0.6) is 0 Å². The second kappa shape index (κ2) is 3.83. The van der Waals surface area contributed by atoms with Crippen molar-refractivity contribution < 1.29 is 0 Å². The number of hydrogen-bond acceptors (Lipinski definition) is 2. The Bertz CT molecular complexity index is 353. The summed E-state index contributed by atoms with van der Waals surface area (Å²) in [6, 6.07) is 2.70. The number of rotatable bonds is 1. The third-order valence-electron chi connectivity index (χ3n) is 2.99. The largest absolute Gasteiger partial charge is 0.268 e. The zero-order valence-electron chi connectivity index (χ0n) is 8.53. The first-order chi connectivity index (χ1) is 6.81. The molecule has 1 aromatic rings. The van der Waals surface area contributed by atoms with Crippen LogP contribution in [-0.2, 0) is 0 Å². The molecule has 1 saturated carbocycles. The standard InChI is InChI=1S/C11H15N3/c1-9-10(7-12)8-14(13-9)11-5-3-2-4-6-11/h8,11H,2-6H2,1H3. The Morgan fingerprint density at radius 2 is 2.14 bits per heavy atom. The highest BCUT2D eigenvalue weighted by molar-refractivity contribution is 5.29. The van der Waals surface area contributed by atoms with Crippen molar-refractivity contribution >= 4 is 0 Å². The summed E-state index contributed by atoms with van der Waals surface area (Å²) in [5.74, 6) is 0. The van der Waals surface area contributed by atoms with E-state index < -0.39 is 0 Å². The molecule has 0 atom stereocenters. The minimum absolute atomic E-state index is 0.532. The van der Waals surface area contributed by atoms with Crippen molar-refractivity contribution in [2.75, 3.05) is 0 Å². The van der Waals surface area contributed by atoms with Crippen LogP contribution in [-0.4, -0.2) is 9.78 Å². The number of aryl methyl sites for hydroxylation is 1. The summed E-state index contributed by atoms with van der Waals surface area (Å²) in [4.78, 5) is 0. The van der Waals surface area contributed by atoms with Gasteiger partial charge in [0.05, 0.1) is 17.3 Å². The van der Waals surface area contributed by atoms with E-state index in [4.69, 9.17) is 5.26 Å². The molecule has 3 heteroatoms. The van der Waals surface area contributed by atoms with Gasteiger partial charge in [-0.2, -0.15) is 10.4 Å². The van der Waals surface area contributed by atoms with Gasteiger partial charge in [0.15, 0.2) is 0 Å².